The average molecular weight is 306 g/mol. The van der Waals surface area contributed by atoms with Crippen LogP contribution in [0.3, 0.4) is 0 Å². The zero-order valence-electron chi connectivity index (χ0n) is 12.1. The van der Waals surface area contributed by atoms with E-state index in [2.05, 4.69) is 6.92 Å². The molecule has 0 atom stereocenters. The molecule has 112 valence electrons. The molecule has 2 N–H and O–H groups in total. The van der Waals surface area contributed by atoms with Crippen molar-refractivity contribution in [2.24, 2.45) is 5.73 Å². The highest BCUT2D eigenvalue weighted by molar-refractivity contribution is 6.30. The molecule has 0 bridgehead atoms. The Morgan fingerprint density at radius 1 is 1.05 bits per heavy atom. The fraction of sp³-hybridized carbons (Fsp3) is 0.294. The smallest absolute Gasteiger partial charge is 0.127 e. The van der Waals surface area contributed by atoms with Gasteiger partial charge in [-0.1, -0.05) is 36.7 Å². The Hall–Kier alpha value is -1.71. The predicted molar refractivity (Wildman–Crippen MR) is 85.9 cm³/mol. The van der Waals surface area contributed by atoms with E-state index in [9.17, 15) is 0 Å². The van der Waals surface area contributed by atoms with Crippen LogP contribution in [0.2, 0.25) is 5.02 Å². The highest BCUT2D eigenvalue weighted by atomic mass is 35.5. The molecule has 0 aliphatic carbocycles. The molecule has 2 rings (SSSR count). The van der Waals surface area contributed by atoms with E-state index >= 15 is 0 Å². The minimum atomic E-state index is 0.435. The Morgan fingerprint density at radius 2 is 1.81 bits per heavy atom. The van der Waals surface area contributed by atoms with E-state index in [0.29, 0.717) is 19.8 Å². The molecule has 0 unspecified atom stereocenters. The van der Waals surface area contributed by atoms with Gasteiger partial charge in [-0.15, -0.1) is 0 Å². The number of halogens is 1. The molecule has 0 aromatic heterocycles. The molecular weight excluding hydrogens is 286 g/mol. The van der Waals surface area contributed by atoms with Gasteiger partial charge in [-0.2, -0.15) is 0 Å². The molecule has 0 aliphatic rings. The fourth-order valence-electron chi connectivity index (χ4n) is 1.89. The first-order valence-electron chi connectivity index (χ1n) is 7.06. The molecule has 0 amide bonds. The molecule has 0 fully saturated rings. The summed E-state index contributed by atoms with van der Waals surface area (Å²) >= 11 is 5.87. The van der Waals surface area contributed by atoms with Crippen LogP contribution in [0.5, 0.6) is 11.5 Å². The maximum absolute atomic E-state index is 5.87. The van der Waals surface area contributed by atoms with Gasteiger partial charge in [-0.25, -0.2) is 0 Å². The van der Waals surface area contributed by atoms with Gasteiger partial charge in [0.1, 0.15) is 18.1 Å². The van der Waals surface area contributed by atoms with Crippen LogP contribution in [-0.4, -0.2) is 6.61 Å². The lowest BCUT2D eigenvalue weighted by atomic mass is 10.2. The van der Waals surface area contributed by atoms with Crippen molar-refractivity contribution >= 4 is 11.6 Å². The Balaban J connectivity index is 2.07. The summed E-state index contributed by atoms with van der Waals surface area (Å²) in [4.78, 5) is 0. The van der Waals surface area contributed by atoms with E-state index in [4.69, 9.17) is 26.8 Å². The summed E-state index contributed by atoms with van der Waals surface area (Å²) in [6, 6.07) is 13.4. The summed E-state index contributed by atoms with van der Waals surface area (Å²) in [6.45, 7) is 3.68. The second-order valence-corrected chi connectivity index (χ2v) is 5.17. The van der Waals surface area contributed by atoms with Crippen molar-refractivity contribution < 1.29 is 9.47 Å². The lowest BCUT2D eigenvalue weighted by molar-refractivity contribution is 0.292. The molecule has 2 aromatic carbocycles. The topological polar surface area (TPSA) is 44.5 Å². The van der Waals surface area contributed by atoms with Crippen molar-refractivity contribution in [2.45, 2.75) is 26.5 Å². The maximum atomic E-state index is 5.87. The minimum Gasteiger partial charge on any atom is -0.493 e. The molecular formula is C17H20ClNO2. The molecule has 2 aromatic rings. The Labute approximate surface area is 130 Å². The van der Waals surface area contributed by atoms with E-state index in [-0.39, 0.29) is 0 Å². The number of hydrogen-bond donors (Lipinski definition) is 1. The summed E-state index contributed by atoms with van der Waals surface area (Å²) in [6.07, 6.45) is 0.972. The van der Waals surface area contributed by atoms with Crippen LogP contribution < -0.4 is 15.2 Å². The van der Waals surface area contributed by atoms with Gasteiger partial charge in [-0.05, 0) is 30.2 Å². The molecule has 0 saturated carbocycles. The molecule has 0 spiro atoms. The van der Waals surface area contributed by atoms with Gasteiger partial charge in [0, 0.05) is 23.2 Å². The zero-order chi connectivity index (χ0) is 15.1. The third-order valence-electron chi connectivity index (χ3n) is 3.04. The molecule has 0 aliphatic heterocycles. The van der Waals surface area contributed by atoms with E-state index in [1.54, 1.807) is 0 Å². The van der Waals surface area contributed by atoms with Gasteiger partial charge in [0.25, 0.3) is 0 Å². The van der Waals surface area contributed by atoms with Gasteiger partial charge in [-0.3, -0.25) is 0 Å². The lowest BCUT2D eigenvalue weighted by Crippen LogP contribution is -2.04. The quantitative estimate of drug-likeness (QED) is 0.835. The largest absolute Gasteiger partial charge is 0.493 e. The first kappa shape index (κ1) is 15.7. The van der Waals surface area contributed by atoms with Gasteiger partial charge in [0.2, 0.25) is 0 Å². The van der Waals surface area contributed by atoms with Crippen LogP contribution in [-0.2, 0) is 13.2 Å². The third-order valence-corrected chi connectivity index (χ3v) is 3.29. The van der Waals surface area contributed by atoms with Crippen molar-refractivity contribution in [1.82, 2.24) is 0 Å². The summed E-state index contributed by atoms with van der Waals surface area (Å²) in [5.74, 6) is 1.57. The highest BCUT2D eigenvalue weighted by Crippen LogP contribution is 2.26. The number of benzene rings is 2. The van der Waals surface area contributed by atoms with E-state index in [1.807, 2.05) is 42.5 Å². The minimum absolute atomic E-state index is 0.435. The molecule has 21 heavy (non-hydrogen) atoms. The zero-order valence-corrected chi connectivity index (χ0v) is 12.9. The molecule has 4 heteroatoms. The summed E-state index contributed by atoms with van der Waals surface area (Å²) in [7, 11) is 0. The van der Waals surface area contributed by atoms with Crippen LogP contribution in [0, 0.1) is 0 Å². The monoisotopic (exact) mass is 305 g/mol. The van der Waals surface area contributed by atoms with Crippen molar-refractivity contribution in [3.63, 3.8) is 0 Å². The molecule has 0 heterocycles. The molecule has 0 saturated heterocycles. The predicted octanol–water partition coefficient (Wildman–Crippen LogP) is 4.17. The van der Waals surface area contributed by atoms with Gasteiger partial charge >= 0.3 is 0 Å². The first-order valence-corrected chi connectivity index (χ1v) is 7.43. The number of hydrogen-bond acceptors (Lipinski definition) is 3. The van der Waals surface area contributed by atoms with Gasteiger partial charge < -0.3 is 15.2 Å². The van der Waals surface area contributed by atoms with Gasteiger partial charge in [0.15, 0.2) is 0 Å². The normalized spacial score (nSPS) is 10.4. The van der Waals surface area contributed by atoms with Crippen LogP contribution in [0.4, 0.5) is 0 Å². The Morgan fingerprint density at radius 3 is 2.48 bits per heavy atom. The first-order chi connectivity index (χ1) is 10.2. The second kappa shape index (κ2) is 7.91. The lowest BCUT2D eigenvalue weighted by Gasteiger charge is -2.13. The average Bonchev–Trinajstić information content (AvgIpc) is 2.52. The van der Waals surface area contributed by atoms with E-state index < -0.39 is 0 Å². The summed E-state index contributed by atoms with van der Waals surface area (Å²) in [5, 5.41) is 0.719. The number of nitrogens with two attached hydrogens (primary N) is 1. The van der Waals surface area contributed by atoms with Crippen LogP contribution >= 0.6 is 11.6 Å². The van der Waals surface area contributed by atoms with Crippen LogP contribution in [0.25, 0.3) is 0 Å². The standard InChI is InChI=1S/C17H20ClNO2/c1-2-9-20-16-8-5-14(11-19)17(10-16)21-12-13-3-6-15(18)7-4-13/h3-8,10H,2,9,11-12,19H2,1H3. The third kappa shape index (κ3) is 4.66. The Kier molecular flexibility index (Phi) is 5.90. The summed E-state index contributed by atoms with van der Waals surface area (Å²) in [5.41, 5.74) is 7.77. The fourth-order valence-corrected chi connectivity index (χ4v) is 2.02. The van der Waals surface area contributed by atoms with Gasteiger partial charge in [0.05, 0.1) is 6.61 Å². The van der Waals surface area contributed by atoms with Crippen molar-refractivity contribution in [3.8, 4) is 11.5 Å². The molecule has 3 nitrogen and oxygen atoms in total. The van der Waals surface area contributed by atoms with Crippen molar-refractivity contribution in [2.75, 3.05) is 6.61 Å². The SMILES string of the molecule is CCCOc1ccc(CN)c(OCc2ccc(Cl)cc2)c1. The van der Waals surface area contributed by atoms with Crippen LogP contribution in [0.1, 0.15) is 24.5 Å². The number of rotatable bonds is 7. The van der Waals surface area contributed by atoms with E-state index in [0.717, 1.165) is 34.1 Å². The second-order valence-electron chi connectivity index (χ2n) is 4.74. The van der Waals surface area contributed by atoms with Crippen LogP contribution in [0.15, 0.2) is 42.5 Å². The Bertz CT molecular complexity index is 570. The van der Waals surface area contributed by atoms with Crippen molar-refractivity contribution in [3.05, 3.63) is 58.6 Å². The number of ether oxygens (including phenoxy) is 2. The van der Waals surface area contributed by atoms with Crippen molar-refractivity contribution in [1.29, 1.82) is 0 Å². The molecule has 0 radical (unpaired) electrons. The maximum Gasteiger partial charge on any atom is 0.127 e. The summed E-state index contributed by atoms with van der Waals surface area (Å²) < 4.78 is 11.5. The highest BCUT2D eigenvalue weighted by Gasteiger charge is 2.06. The van der Waals surface area contributed by atoms with E-state index in [1.165, 1.54) is 0 Å².